The first kappa shape index (κ1) is 82.5. The van der Waals surface area contributed by atoms with Gasteiger partial charge >= 0.3 is 19.5 Å². The van der Waals surface area contributed by atoms with E-state index < -0.39 is 254 Å². The van der Waals surface area contributed by atoms with Gasteiger partial charge in [0.1, 0.15) is 116 Å². The summed E-state index contributed by atoms with van der Waals surface area (Å²) in [5, 5.41) is 180. The van der Waals surface area contributed by atoms with Crippen LogP contribution in [0.25, 0.3) is 0 Å². The van der Waals surface area contributed by atoms with Crippen molar-refractivity contribution in [3.8, 4) is 0 Å². The smallest absolute Gasteiger partial charge is 0.475 e. The van der Waals surface area contributed by atoms with Crippen molar-refractivity contribution in [3.63, 3.8) is 0 Å². The van der Waals surface area contributed by atoms with E-state index in [2.05, 4.69) is 20.9 Å². The normalized spacial score (nSPS) is 38.8. The van der Waals surface area contributed by atoms with Gasteiger partial charge < -0.3 is 165 Å². The van der Waals surface area contributed by atoms with Crippen molar-refractivity contribution in [2.75, 3.05) is 38.7 Å². The van der Waals surface area contributed by atoms with Gasteiger partial charge in [-0.05, 0) is 43.0 Å². The Balaban J connectivity index is 0.799. The number of rotatable bonds is 32. The molecule has 11 unspecified atom stereocenters. The zero-order chi connectivity index (χ0) is 75.7. The van der Waals surface area contributed by atoms with Gasteiger partial charge in [-0.15, -0.1) is 0 Å². The van der Waals surface area contributed by atoms with E-state index in [9.17, 15) is 125 Å². The molecule has 8 rings (SSSR count). The molecule has 0 spiro atoms. The Morgan fingerprint density at radius 3 is 1.81 bits per heavy atom. The minimum Gasteiger partial charge on any atom is -0.477 e. The highest BCUT2D eigenvalue weighted by Gasteiger charge is 2.60. The van der Waals surface area contributed by atoms with Crippen LogP contribution < -0.4 is 27.4 Å². The van der Waals surface area contributed by atoms with Crippen LogP contribution in [-0.2, 0) is 101 Å². The maximum absolute atomic E-state index is 13.2. The fourth-order valence-electron chi connectivity index (χ4n) is 12.0. The van der Waals surface area contributed by atoms with Gasteiger partial charge in [0.2, 0.25) is 24.4 Å². The van der Waals surface area contributed by atoms with Crippen molar-refractivity contribution in [2.24, 2.45) is 0 Å². The topological polar surface area (TPSA) is 690 Å². The Morgan fingerprint density at radius 2 is 1.24 bits per heavy atom. The number of anilines is 1. The SMILES string of the molecule is CC(=O)N[C@H]1C(O)[C@H](O)C(CO)O[C@@H]1O[C@@H]1C(OC=O)O[C@@H](O[C@@H]2C(CO)O[C@H](O[C@@H]3C(OC=O)O[C@@H](OCCNC(=O)c4ccc(CCC[C@@H](O)[C@@H](O)C5O[C@](OP(=O)(O)OC[C@H]6O[C@@H](n7ccc(N)nc7=O)C(O)[C@H]6O)(C(=O)O)C[C@@H](O)[C@H]5O)cc4)[C@@H](O)C3O)[C@@H](NC(C)=O)C2O)[C@@H](O)C1O. The van der Waals surface area contributed by atoms with E-state index in [1.165, 1.54) is 30.3 Å². The first-order valence-corrected chi connectivity index (χ1v) is 33.1. The lowest BCUT2D eigenvalue weighted by molar-refractivity contribution is -0.398. The molecule has 580 valence electrons. The molecular weight excluding hydrogens is 1420 g/mol. The predicted molar refractivity (Wildman–Crippen MR) is 322 cm³/mol. The molecule has 6 saturated heterocycles. The minimum atomic E-state index is -5.66. The standard InChI is InChI=1S/C57H83N6O39P/c1-20(68)60-30-36(76)34(74)26(15-64)94-49(30)97-46-39(79)42(82)52(100-54(46)91-19-67)96-43-27(16-65)95-50(31(37(43)77)61-21(2)69)98-45-38(78)41(81)51(99-53(45)90-18-66)89-13-11-59-47(83)23-8-6-22(7-9-23)4-3-5-24(70)32(72)44-33(73)25(71)14-57(101-44,55(84)85)102-103(87,88)92-17-28-35(75)40(80)48(93-28)63-12-10-29(58)62-56(63)86/h6-10,12,18-19,24-28,30-46,48-54,64-65,70-82H,3-5,11,13-17H2,1-2H3,(H,59,83)(H,60,68)(H,61,69)(H,84,85)(H,87,88)(H2,58,62,86)/t24-,25-,26?,27?,28-,30+,31+,32-,33-,34-,35+,36?,37?,38?,39?,40?,41+,42+,43-,44?,45+,46+,48-,49-,50-,51-,52-,53?,54?,57-/m1/s1. The number of nitrogens with one attached hydrogen (secondary N) is 3. The van der Waals surface area contributed by atoms with Gasteiger partial charge in [-0.2, -0.15) is 4.98 Å². The van der Waals surface area contributed by atoms with Crippen LogP contribution in [-0.4, -0.2) is 343 Å². The number of amides is 3. The van der Waals surface area contributed by atoms with Gasteiger partial charge in [-0.3, -0.25) is 33.1 Å². The van der Waals surface area contributed by atoms with Crippen LogP contribution in [0.5, 0.6) is 0 Å². The van der Waals surface area contributed by atoms with Gasteiger partial charge in [-0.25, -0.2) is 18.7 Å². The molecule has 7 heterocycles. The molecule has 0 bridgehead atoms. The van der Waals surface area contributed by atoms with Crippen LogP contribution in [0.3, 0.4) is 0 Å². The zero-order valence-corrected chi connectivity index (χ0v) is 55.1. The van der Waals surface area contributed by atoms with E-state index in [1.54, 1.807) is 0 Å². The highest BCUT2D eigenvalue weighted by atomic mass is 31.2. The number of carboxylic acid groups (broad SMARTS) is 1. The number of nitrogens with zero attached hydrogens (tertiary/aromatic N) is 2. The maximum Gasteiger partial charge on any atom is 0.475 e. The highest BCUT2D eigenvalue weighted by Crippen LogP contribution is 2.52. The lowest BCUT2D eigenvalue weighted by atomic mass is 9.89. The number of phosphoric acid groups is 1. The molecule has 31 atom stereocenters. The third-order valence-corrected chi connectivity index (χ3v) is 18.3. The van der Waals surface area contributed by atoms with Gasteiger partial charge in [0.15, 0.2) is 43.6 Å². The summed E-state index contributed by atoms with van der Waals surface area (Å²) < 4.78 is 90.0. The molecule has 6 aliphatic heterocycles. The summed E-state index contributed by atoms with van der Waals surface area (Å²) in [7, 11) is -5.66. The van der Waals surface area contributed by atoms with E-state index in [4.69, 9.17) is 71.6 Å². The number of carbonyl (C=O) groups excluding carboxylic acids is 5. The molecule has 6 aliphatic rings. The fraction of sp³-hybridized carbons (Fsp3) is 0.719. The number of aliphatic hydroxyl groups excluding tert-OH is 15. The summed E-state index contributed by atoms with van der Waals surface area (Å²) >= 11 is 0. The number of ether oxygens (including phenoxy) is 12. The molecule has 1 aromatic heterocycles. The second-order valence-corrected chi connectivity index (χ2v) is 25.8. The van der Waals surface area contributed by atoms with Crippen LogP contribution in [0.4, 0.5) is 5.82 Å². The monoisotopic (exact) mass is 1510 g/mol. The Kier molecular flexibility index (Phi) is 28.8. The zero-order valence-electron chi connectivity index (χ0n) is 54.2. The average Bonchev–Trinajstić information content (AvgIpc) is 1.39. The van der Waals surface area contributed by atoms with Crippen LogP contribution >= 0.6 is 7.82 Å². The number of aliphatic hydroxyl groups is 15. The molecule has 103 heavy (non-hydrogen) atoms. The number of aliphatic carboxylic acids is 1. The molecule has 0 aliphatic carbocycles. The summed E-state index contributed by atoms with van der Waals surface area (Å²) in [4.78, 5) is 100. The van der Waals surface area contributed by atoms with Gasteiger partial charge in [0.05, 0.1) is 38.6 Å². The molecule has 45 nitrogen and oxygen atoms in total. The number of carboxylic acids is 1. The number of nitrogen functional groups attached to an aromatic ring is 1. The molecule has 22 N–H and O–H groups in total. The van der Waals surface area contributed by atoms with Gasteiger partial charge in [0, 0.05) is 38.6 Å². The minimum absolute atomic E-state index is 0.0751. The van der Waals surface area contributed by atoms with Crippen molar-refractivity contribution < 1.29 is 186 Å². The van der Waals surface area contributed by atoms with Gasteiger partial charge in [0.25, 0.3) is 24.6 Å². The molecule has 0 radical (unpaired) electrons. The summed E-state index contributed by atoms with van der Waals surface area (Å²) in [5.74, 6) is -7.96. The van der Waals surface area contributed by atoms with Crippen LogP contribution in [0.15, 0.2) is 41.3 Å². The van der Waals surface area contributed by atoms with Crippen molar-refractivity contribution in [3.05, 3.63) is 58.1 Å². The number of aryl methyl sites for hydroxylation is 1. The summed E-state index contributed by atoms with van der Waals surface area (Å²) in [6, 6.07) is 3.64. The van der Waals surface area contributed by atoms with Crippen molar-refractivity contribution in [1.29, 1.82) is 0 Å². The van der Waals surface area contributed by atoms with Crippen molar-refractivity contribution in [1.82, 2.24) is 25.5 Å². The number of benzene rings is 1. The second-order valence-electron chi connectivity index (χ2n) is 24.5. The average molecular weight is 1510 g/mol. The number of hydrogen-bond donors (Lipinski definition) is 21. The first-order valence-electron chi connectivity index (χ1n) is 31.6. The number of phosphoric ester groups is 1. The third-order valence-electron chi connectivity index (χ3n) is 17.3. The van der Waals surface area contributed by atoms with Crippen LogP contribution in [0.1, 0.15) is 55.3 Å². The molecular formula is C57H83N6O39P. The summed E-state index contributed by atoms with van der Waals surface area (Å²) in [6.07, 6.45) is -52.8. The van der Waals surface area contributed by atoms with E-state index in [0.717, 1.165) is 24.6 Å². The highest BCUT2D eigenvalue weighted by molar-refractivity contribution is 7.47. The number of nitrogens with two attached hydrogens (primary N) is 1. The lowest BCUT2D eigenvalue weighted by Crippen LogP contribution is -2.70. The largest absolute Gasteiger partial charge is 0.477 e. The van der Waals surface area contributed by atoms with Crippen LogP contribution in [0.2, 0.25) is 0 Å². The number of aromatic nitrogens is 2. The molecule has 2 aromatic rings. The molecule has 0 saturated carbocycles. The van der Waals surface area contributed by atoms with E-state index >= 15 is 0 Å². The van der Waals surface area contributed by atoms with E-state index in [0.29, 0.717) is 5.56 Å². The maximum atomic E-state index is 13.2. The van der Waals surface area contributed by atoms with Crippen molar-refractivity contribution in [2.45, 2.75) is 223 Å². The Hall–Kier alpha value is -6.17. The van der Waals surface area contributed by atoms with E-state index in [-0.39, 0.29) is 50.1 Å². The lowest BCUT2D eigenvalue weighted by Gasteiger charge is -2.49. The Morgan fingerprint density at radius 1 is 0.689 bits per heavy atom. The molecule has 46 heteroatoms. The summed E-state index contributed by atoms with van der Waals surface area (Å²) in [5.41, 5.74) is 5.17. The third kappa shape index (κ3) is 19.5. The van der Waals surface area contributed by atoms with Crippen molar-refractivity contribution >= 4 is 50.3 Å². The Labute approximate surface area is 580 Å². The van der Waals surface area contributed by atoms with E-state index in [1.807, 2.05) is 0 Å². The Bertz CT molecular complexity index is 3280. The second kappa shape index (κ2) is 35.9. The first-order chi connectivity index (χ1) is 48.7. The fourth-order valence-corrected chi connectivity index (χ4v) is 13.0. The number of carbonyl (C=O) groups is 6. The van der Waals surface area contributed by atoms with Crippen LogP contribution in [0, 0.1) is 0 Å². The molecule has 1 aromatic carbocycles. The predicted octanol–water partition coefficient (Wildman–Crippen LogP) is -11.8. The number of hydrogen-bond acceptors (Lipinski definition) is 39. The molecule has 6 fully saturated rings. The molecule has 3 amide bonds. The van der Waals surface area contributed by atoms with Gasteiger partial charge in [-0.1, -0.05) is 12.1 Å². The quantitative estimate of drug-likeness (QED) is 0.0184. The summed E-state index contributed by atoms with van der Waals surface area (Å²) in [6.45, 7) is -2.07.